The summed E-state index contributed by atoms with van der Waals surface area (Å²) >= 11 is 0. The molecule has 1 aromatic carbocycles. The molecule has 0 saturated heterocycles. The van der Waals surface area contributed by atoms with Gasteiger partial charge in [-0.1, -0.05) is 13.0 Å². The molecule has 0 heterocycles. The first-order valence-corrected chi connectivity index (χ1v) is 6.55. The van der Waals surface area contributed by atoms with Crippen molar-refractivity contribution < 1.29 is 4.39 Å². The van der Waals surface area contributed by atoms with Crippen molar-refractivity contribution in [2.24, 2.45) is 0 Å². The highest BCUT2D eigenvalue weighted by atomic mass is 19.1. The molecule has 0 amide bonds. The van der Waals surface area contributed by atoms with E-state index in [9.17, 15) is 4.39 Å². The lowest BCUT2D eigenvalue weighted by molar-refractivity contribution is 0.174. The molecule has 1 rings (SSSR count). The second kappa shape index (κ2) is 7.22. The topological polar surface area (TPSA) is 30.3 Å². The Morgan fingerprint density at radius 3 is 2.58 bits per heavy atom. The molecule has 0 aliphatic carbocycles. The van der Waals surface area contributed by atoms with Crippen molar-refractivity contribution in [3.8, 4) is 6.07 Å². The third kappa shape index (κ3) is 4.62. The zero-order valence-electron chi connectivity index (χ0n) is 12.2. The first kappa shape index (κ1) is 15.6. The molecule has 0 spiro atoms. The van der Waals surface area contributed by atoms with Crippen LogP contribution in [0.3, 0.4) is 0 Å². The molecular formula is C15H22FN3. The molecule has 0 N–H and O–H groups in total. The van der Waals surface area contributed by atoms with Gasteiger partial charge >= 0.3 is 0 Å². The molecule has 4 heteroatoms. The van der Waals surface area contributed by atoms with Gasteiger partial charge in [-0.3, -0.25) is 4.90 Å². The van der Waals surface area contributed by atoms with Gasteiger partial charge in [0.15, 0.2) is 0 Å². The first-order chi connectivity index (χ1) is 8.97. The molecule has 0 radical (unpaired) electrons. The van der Waals surface area contributed by atoms with Crippen molar-refractivity contribution in [3.05, 3.63) is 35.1 Å². The highest BCUT2D eigenvalue weighted by molar-refractivity contribution is 5.34. The molecule has 104 valence electrons. The number of hydrogen-bond donors (Lipinski definition) is 0. The van der Waals surface area contributed by atoms with Crippen LogP contribution in [-0.4, -0.2) is 43.0 Å². The maximum Gasteiger partial charge on any atom is 0.140 e. The maximum atomic E-state index is 13.3. The summed E-state index contributed by atoms with van der Waals surface area (Å²) in [5.41, 5.74) is 1.10. The molecule has 19 heavy (non-hydrogen) atoms. The van der Waals surface area contributed by atoms with Crippen molar-refractivity contribution in [2.45, 2.75) is 26.4 Å². The molecule has 0 saturated carbocycles. The zero-order valence-corrected chi connectivity index (χ0v) is 12.2. The highest BCUT2D eigenvalue weighted by Crippen LogP contribution is 2.13. The van der Waals surface area contributed by atoms with Gasteiger partial charge in [0.1, 0.15) is 11.9 Å². The molecule has 0 aliphatic heterocycles. The lowest BCUT2D eigenvalue weighted by atomic mass is 10.1. The SMILES string of the molecule is CCN(Cc1ccc(F)c(C#N)c1)C(C)CN(C)C. The Bertz CT molecular complexity index is 451. The van der Waals surface area contributed by atoms with Gasteiger partial charge < -0.3 is 4.90 Å². The first-order valence-electron chi connectivity index (χ1n) is 6.55. The molecule has 1 unspecified atom stereocenters. The van der Waals surface area contributed by atoms with E-state index in [0.29, 0.717) is 6.04 Å². The minimum atomic E-state index is -0.448. The summed E-state index contributed by atoms with van der Waals surface area (Å²) in [6, 6.07) is 7.06. The molecule has 0 aliphatic rings. The Kier molecular flexibility index (Phi) is 5.94. The lowest BCUT2D eigenvalue weighted by Gasteiger charge is -2.30. The number of halogens is 1. The predicted octanol–water partition coefficient (Wildman–Crippen LogP) is 2.47. The number of nitrogens with zero attached hydrogens (tertiary/aromatic N) is 3. The van der Waals surface area contributed by atoms with Gasteiger partial charge in [0, 0.05) is 19.1 Å². The Morgan fingerprint density at radius 2 is 2.05 bits per heavy atom. The third-order valence-electron chi connectivity index (χ3n) is 3.20. The predicted molar refractivity (Wildman–Crippen MR) is 75.2 cm³/mol. The minimum absolute atomic E-state index is 0.119. The molecule has 0 aromatic heterocycles. The fourth-order valence-electron chi connectivity index (χ4n) is 2.21. The smallest absolute Gasteiger partial charge is 0.140 e. The molecule has 3 nitrogen and oxygen atoms in total. The zero-order chi connectivity index (χ0) is 14.4. The van der Waals surface area contributed by atoms with E-state index in [0.717, 1.165) is 25.2 Å². The number of hydrogen-bond acceptors (Lipinski definition) is 3. The summed E-state index contributed by atoms with van der Waals surface area (Å²) < 4.78 is 13.3. The van der Waals surface area contributed by atoms with E-state index in [4.69, 9.17) is 5.26 Å². The summed E-state index contributed by atoms with van der Waals surface area (Å²) in [5.74, 6) is -0.448. The van der Waals surface area contributed by atoms with E-state index in [1.807, 2.05) is 6.07 Å². The summed E-state index contributed by atoms with van der Waals surface area (Å²) in [6.07, 6.45) is 0. The number of likely N-dealkylation sites (N-methyl/N-ethyl adjacent to an activating group) is 2. The average molecular weight is 263 g/mol. The van der Waals surface area contributed by atoms with E-state index >= 15 is 0 Å². The summed E-state index contributed by atoms with van der Waals surface area (Å²) in [4.78, 5) is 4.47. The average Bonchev–Trinajstić information content (AvgIpc) is 2.36. The summed E-state index contributed by atoms with van der Waals surface area (Å²) in [6.45, 7) is 6.92. The fourth-order valence-corrected chi connectivity index (χ4v) is 2.21. The Hall–Kier alpha value is -1.44. The highest BCUT2D eigenvalue weighted by Gasteiger charge is 2.14. The second-order valence-corrected chi connectivity index (χ2v) is 5.10. The van der Waals surface area contributed by atoms with Crippen molar-refractivity contribution in [3.63, 3.8) is 0 Å². The van der Waals surface area contributed by atoms with Crippen molar-refractivity contribution in [1.82, 2.24) is 9.80 Å². The summed E-state index contributed by atoms with van der Waals surface area (Å²) in [5, 5.41) is 8.85. The van der Waals surface area contributed by atoms with Gasteiger partial charge in [-0.25, -0.2) is 4.39 Å². The van der Waals surface area contributed by atoms with E-state index in [-0.39, 0.29) is 5.56 Å². The van der Waals surface area contributed by atoms with Crippen molar-refractivity contribution >= 4 is 0 Å². The molecule has 0 bridgehead atoms. The van der Waals surface area contributed by atoms with E-state index in [1.165, 1.54) is 6.07 Å². The van der Waals surface area contributed by atoms with Gasteiger partial charge in [-0.05, 0) is 45.3 Å². The van der Waals surface area contributed by atoms with Crippen LogP contribution in [0.4, 0.5) is 4.39 Å². The van der Waals surface area contributed by atoms with Crippen molar-refractivity contribution in [1.29, 1.82) is 5.26 Å². The van der Waals surface area contributed by atoms with Gasteiger partial charge in [0.05, 0.1) is 5.56 Å². The quantitative estimate of drug-likeness (QED) is 0.790. The van der Waals surface area contributed by atoms with Crippen LogP contribution in [0.2, 0.25) is 0 Å². The van der Waals surface area contributed by atoms with Gasteiger partial charge in [-0.2, -0.15) is 5.26 Å². The molecular weight excluding hydrogens is 241 g/mol. The van der Waals surface area contributed by atoms with Crippen LogP contribution < -0.4 is 0 Å². The molecule has 1 atom stereocenters. The van der Waals surface area contributed by atoms with Crippen LogP contribution in [0.15, 0.2) is 18.2 Å². The van der Waals surface area contributed by atoms with Crippen LogP contribution in [0.25, 0.3) is 0 Å². The Labute approximate surface area is 115 Å². The van der Waals surface area contributed by atoms with E-state index in [1.54, 1.807) is 12.1 Å². The second-order valence-electron chi connectivity index (χ2n) is 5.10. The van der Waals surface area contributed by atoms with Crippen LogP contribution in [0, 0.1) is 17.1 Å². The largest absolute Gasteiger partial charge is 0.308 e. The fraction of sp³-hybridized carbons (Fsp3) is 0.533. The van der Waals surface area contributed by atoms with Crippen LogP contribution in [0.5, 0.6) is 0 Å². The van der Waals surface area contributed by atoms with Crippen LogP contribution >= 0.6 is 0 Å². The summed E-state index contributed by atoms with van der Waals surface area (Å²) in [7, 11) is 4.10. The minimum Gasteiger partial charge on any atom is -0.308 e. The molecule has 1 aromatic rings. The Balaban J connectivity index is 2.78. The van der Waals surface area contributed by atoms with Crippen LogP contribution in [-0.2, 0) is 6.54 Å². The monoisotopic (exact) mass is 263 g/mol. The third-order valence-corrected chi connectivity index (χ3v) is 3.20. The van der Waals surface area contributed by atoms with E-state index < -0.39 is 5.82 Å². The molecule has 0 fully saturated rings. The standard InChI is InChI=1S/C15H22FN3/c1-5-19(12(2)10-18(3)4)11-13-6-7-15(16)14(8-13)9-17/h6-8,12H,5,10-11H2,1-4H3. The van der Waals surface area contributed by atoms with Gasteiger partial charge in [0.2, 0.25) is 0 Å². The van der Waals surface area contributed by atoms with Gasteiger partial charge in [0.25, 0.3) is 0 Å². The number of nitriles is 1. The normalized spacial score (nSPS) is 12.7. The van der Waals surface area contributed by atoms with Gasteiger partial charge in [-0.15, -0.1) is 0 Å². The lowest BCUT2D eigenvalue weighted by Crippen LogP contribution is -2.39. The Morgan fingerprint density at radius 1 is 1.37 bits per heavy atom. The number of benzene rings is 1. The maximum absolute atomic E-state index is 13.3. The van der Waals surface area contributed by atoms with E-state index in [2.05, 4.69) is 37.7 Å². The van der Waals surface area contributed by atoms with Crippen LogP contribution in [0.1, 0.15) is 25.0 Å². The van der Waals surface area contributed by atoms with Crippen molar-refractivity contribution in [2.75, 3.05) is 27.2 Å². The number of rotatable bonds is 6.